The lowest BCUT2D eigenvalue weighted by atomic mass is 10.0. The monoisotopic (exact) mass is 403 g/mol. The number of pyridine rings is 1. The highest BCUT2D eigenvalue weighted by atomic mass is 28.3. The van der Waals surface area contributed by atoms with Crippen LogP contribution in [0, 0.1) is 11.5 Å². The van der Waals surface area contributed by atoms with Gasteiger partial charge in [-0.2, -0.15) is 0 Å². The molecular weight excluding hydrogens is 374 g/mol. The van der Waals surface area contributed by atoms with Crippen LogP contribution < -0.4 is 0 Å². The van der Waals surface area contributed by atoms with Crippen molar-refractivity contribution in [1.29, 1.82) is 0 Å². The first kappa shape index (κ1) is 21.3. The van der Waals surface area contributed by atoms with E-state index < -0.39 is 8.07 Å². The number of hydrogen-bond donors (Lipinski definition) is 0. The molecule has 0 spiro atoms. The van der Waals surface area contributed by atoms with Crippen LogP contribution in [0.5, 0.6) is 0 Å². The number of hydrogen-bond acceptors (Lipinski definition) is 3. The number of nitrogens with zero attached hydrogens (tertiary/aromatic N) is 1. The molecule has 3 nitrogen and oxygen atoms in total. The van der Waals surface area contributed by atoms with Gasteiger partial charge in [0, 0.05) is 29.1 Å². The molecule has 0 aliphatic carbocycles. The molecule has 0 atom stereocenters. The van der Waals surface area contributed by atoms with Crippen molar-refractivity contribution in [2.45, 2.75) is 46.2 Å². The molecule has 0 radical (unpaired) electrons. The van der Waals surface area contributed by atoms with Gasteiger partial charge in [0.2, 0.25) is 0 Å². The number of rotatable bonds is 3. The molecule has 1 aromatic carbocycles. The van der Waals surface area contributed by atoms with Gasteiger partial charge < -0.3 is 9.47 Å². The lowest BCUT2D eigenvalue weighted by Crippen LogP contribution is -2.17. The van der Waals surface area contributed by atoms with E-state index in [1.807, 2.05) is 12.4 Å². The van der Waals surface area contributed by atoms with Crippen molar-refractivity contribution < 1.29 is 9.47 Å². The third-order valence-corrected chi connectivity index (χ3v) is 5.42. The molecular formula is C25H29NO2Si. The Morgan fingerprint density at radius 2 is 1.72 bits per heavy atom. The Balaban J connectivity index is 1.89. The first-order chi connectivity index (χ1) is 13.8. The SMILES string of the molecule is CC(=C=C(C)c1cncc(C2OCCCO2)c1)c1cccc(C#C[Si](C)(C)C)c1. The second-order valence-electron chi connectivity index (χ2n) is 8.39. The second-order valence-corrected chi connectivity index (χ2v) is 13.1. The van der Waals surface area contributed by atoms with Crippen LogP contribution in [-0.4, -0.2) is 26.3 Å². The van der Waals surface area contributed by atoms with Crippen LogP contribution in [-0.2, 0) is 9.47 Å². The van der Waals surface area contributed by atoms with Crippen molar-refractivity contribution in [2.24, 2.45) is 0 Å². The lowest BCUT2D eigenvalue weighted by Gasteiger charge is -2.23. The molecule has 1 fully saturated rings. The summed E-state index contributed by atoms with van der Waals surface area (Å²) in [5.41, 5.74) is 13.2. The lowest BCUT2D eigenvalue weighted by molar-refractivity contribution is -0.183. The third-order valence-electron chi connectivity index (χ3n) is 4.54. The molecule has 29 heavy (non-hydrogen) atoms. The van der Waals surface area contributed by atoms with E-state index in [-0.39, 0.29) is 6.29 Å². The largest absolute Gasteiger partial charge is 0.348 e. The third kappa shape index (κ3) is 6.29. The maximum Gasteiger partial charge on any atom is 0.185 e. The molecule has 1 aromatic heterocycles. The molecule has 2 aromatic rings. The van der Waals surface area contributed by atoms with Gasteiger partial charge in [-0.3, -0.25) is 4.98 Å². The fraction of sp³-hybridized carbons (Fsp3) is 0.360. The van der Waals surface area contributed by atoms with Crippen molar-refractivity contribution in [1.82, 2.24) is 4.98 Å². The Hall–Kier alpha value is -2.41. The highest BCUT2D eigenvalue weighted by Crippen LogP contribution is 2.25. The van der Waals surface area contributed by atoms with Gasteiger partial charge in [0.15, 0.2) is 6.29 Å². The van der Waals surface area contributed by atoms with E-state index >= 15 is 0 Å². The van der Waals surface area contributed by atoms with E-state index in [1.165, 1.54) is 0 Å². The summed E-state index contributed by atoms with van der Waals surface area (Å²) in [5, 5.41) is 0. The molecule has 4 heteroatoms. The Bertz CT molecular complexity index is 995. The standard InChI is InChI=1S/C25H29NO2Si/c1-19(22-9-6-8-21(15-22)10-13-29(3,4)5)14-20(2)23-16-24(18-26-17-23)25-27-11-7-12-28-25/h6,8-9,15-18,25H,7,11-12H2,1-5H3. The number of allylic oxidation sites excluding steroid dienone is 1. The molecule has 0 unspecified atom stereocenters. The van der Waals surface area contributed by atoms with Gasteiger partial charge in [0.1, 0.15) is 8.07 Å². The van der Waals surface area contributed by atoms with E-state index in [2.05, 4.69) is 86.0 Å². The van der Waals surface area contributed by atoms with Gasteiger partial charge in [-0.05, 0) is 55.2 Å². The molecule has 1 saturated heterocycles. The molecule has 0 bridgehead atoms. The zero-order valence-corrected chi connectivity index (χ0v) is 19.0. The summed E-state index contributed by atoms with van der Waals surface area (Å²) >= 11 is 0. The molecule has 150 valence electrons. The molecule has 1 aliphatic rings. The van der Waals surface area contributed by atoms with Gasteiger partial charge in [0.05, 0.1) is 13.2 Å². The average molecular weight is 404 g/mol. The minimum atomic E-state index is -1.39. The maximum absolute atomic E-state index is 5.70. The van der Waals surface area contributed by atoms with Crippen LogP contribution in [0.15, 0.2) is 48.5 Å². The van der Waals surface area contributed by atoms with Crippen LogP contribution in [0.3, 0.4) is 0 Å². The summed E-state index contributed by atoms with van der Waals surface area (Å²) < 4.78 is 11.4. The van der Waals surface area contributed by atoms with E-state index in [1.54, 1.807) is 0 Å². The van der Waals surface area contributed by atoms with Crippen molar-refractivity contribution in [3.05, 3.63) is 70.7 Å². The number of ether oxygens (including phenoxy) is 2. The molecule has 0 saturated carbocycles. The zero-order valence-electron chi connectivity index (χ0n) is 18.0. The van der Waals surface area contributed by atoms with Gasteiger partial charge >= 0.3 is 0 Å². The normalized spacial score (nSPS) is 14.5. The van der Waals surface area contributed by atoms with Crippen LogP contribution in [0.2, 0.25) is 19.6 Å². The average Bonchev–Trinajstić information content (AvgIpc) is 2.72. The molecule has 3 rings (SSSR count). The van der Waals surface area contributed by atoms with E-state index in [4.69, 9.17) is 9.47 Å². The van der Waals surface area contributed by atoms with Crippen LogP contribution in [0.25, 0.3) is 11.1 Å². The molecule has 0 N–H and O–H groups in total. The summed E-state index contributed by atoms with van der Waals surface area (Å²) in [6.07, 6.45) is 4.28. The first-order valence-corrected chi connectivity index (χ1v) is 13.6. The van der Waals surface area contributed by atoms with E-state index in [0.29, 0.717) is 0 Å². The quantitative estimate of drug-likeness (QED) is 0.366. The highest BCUT2D eigenvalue weighted by Gasteiger charge is 2.17. The van der Waals surface area contributed by atoms with Gasteiger partial charge in [-0.25, -0.2) is 0 Å². The van der Waals surface area contributed by atoms with Crippen LogP contribution in [0.1, 0.15) is 48.8 Å². The van der Waals surface area contributed by atoms with E-state index in [9.17, 15) is 0 Å². The van der Waals surface area contributed by atoms with Crippen molar-refractivity contribution >= 4 is 19.2 Å². The minimum Gasteiger partial charge on any atom is -0.348 e. The minimum absolute atomic E-state index is 0.323. The Kier molecular flexibility index (Phi) is 6.90. The Labute approximate surface area is 175 Å². The van der Waals surface area contributed by atoms with Crippen molar-refractivity contribution in [2.75, 3.05) is 13.2 Å². The summed E-state index contributed by atoms with van der Waals surface area (Å²) in [7, 11) is -1.39. The van der Waals surface area contributed by atoms with Crippen LogP contribution >= 0.6 is 0 Å². The maximum atomic E-state index is 5.70. The zero-order chi connectivity index (χ0) is 20.9. The topological polar surface area (TPSA) is 31.4 Å². The summed E-state index contributed by atoms with van der Waals surface area (Å²) in [5.74, 6) is 3.33. The smallest absolute Gasteiger partial charge is 0.185 e. The van der Waals surface area contributed by atoms with Gasteiger partial charge in [-0.15, -0.1) is 11.3 Å². The van der Waals surface area contributed by atoms with Crippen molar-refractivity contribution in [3.8, 4) is 11.5 Å². The molecule has 1 aliphatic heterocycles. The Morgan fingerprint density at radius 3 is 2.45 bits per heavy atom. The fourth-order valence-electron chi connectivity index (χ4n) is 2.99. The predicted octanol–water partition coefficient (Wildman–Crippen LogP) is 5.85. The van der Waals surface area contributed by atoms with E-state index in [0.717, 1.165) is 53.0 Å². The van der Waals surface area contributed by atoms with Crippen LogP contribution in [0.4, 0.5) is 0 Å². The summed E-state index contributed by atoms with van der Waals surface area (Å²) in [6.45, 7) is 12.4. The second kappa shape index (κ2) is 9.39. The summed E-state index contributed by atoms with van der Waals surface area (Å²) in [4.78, 5) is 4.38. The van der Waals surface area contributed by atoms with Gasteiger partial charge in [-0.1, -0.05) is 37.7 Å². The fourth-order valence-corrected chi connectivity index (χ4v) is 3.51. The number of aromatic nitrogens is 1. The molecule has 0 amide bonds. The first-order valence-electron chi connectivity index (χ1n) is 10.1. The summed E-state index contributed by atoms with van der Waals surface area (Å²) in [6, 6.07) is 10.4. The molecule has 2 heterocycles. The Morgan fingerprint density at radius 1 is 1.00 bits per heavy atom. The number of benzene rings is 1. The highest BCUT2D eigenvalue weighted by molar-refractivity contribution is 6.83. The van der Waals surface area contributed by atoms with Gasteiger partial charge in [0.25, 0.3) is 0 Å². The predicted molar refractivity (Wildman–Crippen MR) is 122 cm³/mol. The van der Waals surface area contributed by atoms with Crippen molar-refractivity contribution in [3.63, 3.8) is 0 Å².